The highest BCUT2D eigenvalue weighted by molar-refractivity contribution is 5.90. The van der Waals surface area contributed by atoms with Crippen molar-refractivity contribution in [2.75, 3.05) is 19.7 Å². The maximum atomic E-state index is 12.1. The predicted molar refractivity (Wildman–Crippen MR) is 67.9 cm³/mol. The first-order valence-corrected chi connectivity index (χ1v) is 6.29. The average molecular weight is 252 g/mol. The second kappa shape index (κ2) is 7.66. The summed E-state index contributed by atoms with van der Waals surface area (Å²) in [5.41, 5.74) is 0.0995. The van der Waals surface area contributed by atoms with Gasteiger partial charge < -0.3 is 15.2 Å². The Morgan fingerprint density at radius 3 is 2.78 bits per heavy atom. The minimum Gasteiger partial charge on any atom is -0.618 e. The van der Waals surface area contributed by atoms with Gasteiger partial charge in [-0.25, -0.2) is 0 Å². The molecule has 1 N–H and O–H groups in total. The van der Waals surface area contributed by atoms with Crippen molar-refractivity contribution in [3.63, 3.8) is 0 Å². The van der Waals surface area contributed by atoms with Crippen LogP contribution in [-0.2, 0) is 0 Å². The Morgan fingerprint density at radius 1 is 1.39 bits per heavy atom. The first kappa shape index (κ1) is 14.4. The topological polar surface area (TPSA) is 67.5 Å². The van der Waals surface area contributed by atoms with E-state index in [2.05, 4.69) is 6.92 Å². The van der Waals surface area contributed by atoms with E-state index in [9.17, 15) is 10.0 Å². The molecule has 1 heterocycles. The summed E-state index contributed by atoms with van der Waals surface area (Å²) in [6.07, 6.45) is 4.28. The fraction of sp³-hybridized carbons (Fsp3) is 0.538. The third kappa shape index (κ3) is 4.00. The van der Waals surface area contributed by atoms with Gasteiger partial charge in [0.15, 0.2) is 6.20 Å². The molecule has 100 valence electrons. The number of aromatic nitrogens is 1. The van der Waals surface area contributed by atoms with Crippen molar-refractivity contribution in [3.8, 4) is 0 Å². The molecule has 0 saturated carbocycles. The molecule has 1 rings (SSSR count). The second-order valence-corrected chi connectivity index (χ2v) is 4.13. The molecule has 0 aliphatic carbocycles. The smallest absolute Gasteiger partial charge is 0.320 e. The third-order valence-corrected chi connectivity index (χ3v) is 2.73. The molecule has 0 radical (unpaired) electrons. The molecule has 0 aliphatic rings. The number of hydrogen-bond acceptors (Lipinski definition) is 3. The van der Waals surface area contributed by atoms with Gasteiger partial charge in [0.1, 0.15) is 0 Å². The van der Waals surface area contributed by atoms with Crippen molar-refractivity contribution < 1.29 is 14.6 Å². The van der Waals surface area contributed by atoms with Crippen LogP contribution in [0.25, 0.3) is 0 Å². The van der Waals surface area contributed by atoms with Crippen molar-refractivity contribution in [1.82, 2.24) is 4.90 Å². The van der Waals surface area contributed by atoms with Gasteiger partial charge in [0.2, 0.25) is 0 Å². The zero-order chi connectivity index (χ0) is 13.4. The summed E-state index contributed by atoms with van der Waals surface area (Å²) in [4.78, 5) is 13.7. The Hall–Kier alpha value is -1.62. The Kier molecular flexibility index (Phi) is 6.14. The molecule has 0 unspecified atom stereocenters. The van der Waals surface area contributed by atoms with Crippen LogP contribution in [0.15, 0.2) is 24.4 Å². The molecule has 0 fully saturated rings. The number of pyridine rings is 1. The molecule has 18 heavy (non-hydrogen) atoms. The number of amides is 1. The summed E-state index contributed by atoms with van der Waals surface area (Å²) < 4.78 is 0.562. The quantitative estimate of drug-likeness (QED) is 0.446. The van der Waals surface area contributed by atoms with E-state index in [-0.39, 0.29) is 24.8 Å². The van der Waals surface area contributed by atoms with Gasteiger partial charge in [-0.3, -0.25) is 4.79 Å². The normalized spacial score (nSPS) is 10.3. The molecule has 1 aromatic heterocycles. The third-order valence-electron chi connectivity index (χ3n) is 2.73. The van der Waals surface area contributed by atoms with Crippen LogP contribution in [0.5, 0.6) is 0 Å². The van der Waals surface area contributed by atoms with E-state index in [0.29, 0.717) is 11.3 Å². The SMILES string of the molecule is CCCCCN(CCO)C(=O)c1cccc[n+]1[O-]. The van der Waals surface area contributed by atoms with Crippen molar-refractivity contribution in [1.29, 1.82) is 0 Å². The molecule has 1 amide bonds. The maximum absolute atomic E-state index is 12.1. The van der Waals surface area contributed by atoms with Crippen LogP contribution in [0.3, 0.4) is 0 Å². The van der Waals surface area contributed by atoms with Crippen LogP contribution in [0.2, 0.25) is 0 Å². The number of aliphatic hydroxyl groups is 1. The van der Waals surface area contributed by atoms with Crippen LogP contribution in [0.1, 0.15) is 36.7 Å². The van der Waals surface area contributed by atoms with E-state index in [4.69, 9.17) is 5.11 Å². The van der Waals surface area contributed by atoms with Crippen molar-refractivity contribution in [2.24, 2.45) is 0 Å². The number of rotatable bonds is 7. The van der Waals surface area contributed by atoms with Crippen LogP contribution in [0.4, 0.5) is 0 Å². The van der Waals surface area contributed by atoms with Crippen LogP contribution < -0.4 is 4.73 Å². The number of nitrogens with zero attached hydrogens (tertiary/aromatic N) is 2. The van der Waals surface area contributed by atoms with Gasteiger partial charge in [-0.1, -0.05) is 19.8 Å². The Labute approximate surface area is 107 Å². The zero-order valence-electron chi connectivity index (χ0n) is 10.7. The molecule has 0 atom stereocenters. The number of unbranched alkanes of at least 4 members (excludes halogenated alkanes) is 2. The monoisotopic (exact) mass is 252 g/mol. The molecule has 0 aliphatic heterocycles. The Balaban J connectivity index is 2.73. The first-order chi connectivity index (χ1) is 8.70. The lowest BCUT2D eigenvalue weighted by Crippen LogP contribution is -2.42. The highest BCUT2D eigenvalue weighted by Gasteiger charge is 2.21. The van der Waals surface area contributed by atoms with Gasteiger partial charge in [0.05, 0.1) is 6.61 Å². The maximum Gasteiger partial charge on any atom is 0.320 e. The van der Waals surface area contributed by atoms with E-state index >= 15 is 0 Å². The van der Waals surface area contributed by atoms with E-state index in [1.54, 1.807) is 12.1 Å². The van der Waals surface area contributed by atoms with E-state index in [1.807, 2.05) is 0 Å². The molecule has 5 heteroatoms. The summed E-state index contributed by atoms with van der Waals surface area (Å²) in [5.74, 6) is -0.323. The largest absolute Gasteiger partial charge is 0.618 e. The van der Waals surface area contributed by atoms with Gasteiger partial charge >= 0.3 is 5.91 Å². The lowest BCUT2D eigenvalue weighted by Gasteiger charge is -2.20. The molecule has 0 bridgehead atoms. The van der Waals surface area contributed by atoms with Gasteiger partial charge in [0.25, 0.3) is 5.69 Å². The minimum absolute atomic E-state index is 0.0937. The zero-order valence-corrected chi connectivity index (χ0v) is 10.7. The van der Waals surface area contributed by atoms with Gasteiger partial charge in [-0.2, -0.15) is 4.73 Å². The molecule has 0 spiro atoms. The van der Waals surface area contributed by atoms with Crippen LogP contribution >= 0.6 is 0 Å². The number of hydrogen-bond donors (Lipinski definition) is 1. The molecule has 5 nitrogen and oxygen atoms in total. The highest BCUT2D eigenvalue weighted by atomic mass is 16.5. The standard InChI is InChI=1S/C13H20N2O3/c1-2-3-5-8-14(10-11-16)13(17)12-7-4-6-9-15(12)18/h4,6-7,9,16H,2-3,5,8,10-11H2,1H3. The fourth-order valence-corrected chi connectivity index (χ4v) is 1.74. The minimum atomic E-state index is -0.323. The van der Waals surface area contributed by atoms with Crippen LogP contribution in [0, 0.1) is 5.21 Å². The van der Waals surface area contributed by atoms with E-state index < -0.39 is 0 Å². The fourth-order valence-electron chi connectivity index (χ4n) is 1.74. The molecule has 1 aromatic rings. The summed E-state index contributed by atoms with van der Waals surface area (Å²) >= 11 is 0. The lowest BCUT2D eigenvalue weighted by molar-refractivity contribution is -0.608. The molecule has 0 aromatic carbocycles. The van der Waals surface area contributed by atoms with Gasteiger partial charge in [-0.05, 0) is 12.5 Å². The van der Waals surface area contributed by atoms with Crippen molar-refractivity contribution in [3.05, 3.63) is 35.3 Å². The summed E-state index contributed by atoms with van der Waals surface area (Å²) in [6, 6.07) is 4.74. The summed E-state index contributed by atoms with van der Waals surface area (Å²) in [7, 11) is 0. The molecular weight excluding hydrogens is 232 g/mol. The first-order valence-electron chi connectivity index (χ1n) is 6.29. The van der Waals surface area contributed by atoms with E-state index in [1.165, 1.54) is 17.2 Å². The van der Waals surface area contributed by atoms with Crippen LogP contribution in [-0.4, -0.2) is 35.6 Å². The number of aliphatic hydroxyl groups excluding tert-OH is 1. The lowest BCUT2D eigenvalue weighted by atomic mass is 10.2. The Bertz CT molecular complexity index is 382. The summed E-state index contributed by atoms with van der Waals surface area (Å²) in [5, 5.41) is 20.5. The Morgan fingerprint density at radius 2 is 2.17 bits per heavy atom. The van der Waals surface area contributed by atoms with E-state index in [0.717, 1.165) is 19.3 Å². The molecule has 0 saturated heterocycles. The van der Waals surface area contributed by atoms with Crippen molar-refractivity contribution in [2.45, 2.75) is 26.2 Å². The predicted octanol–water partition coefficient (Wildman–Crippen LogP) is 0.945. The average Bonchev–Trinajstić information content (AvgIpc) is 2.38. The number of carbonyl (C=O) groups excluding carboxylic acids is 1. The van der Waals surface area contributed by atoms with Gasteiger partial charge in [0, 0.05) is 25.2 Å². The molecular formula is C13H20N2O3. The van der Waals surface area contributed by atoms with Gasteiger partial charge in [-0.15, -0.1) is 0 Å². The second-order valence-electron chi connectivity index (χ2n) is 4.13. The number of carbonyl (C=O) groups is 1. The highest BCUT2D eigenvalue weighted by Crippen LogP contribution is 2.03. The van der Waals surface area contributed by atoms with Crippen molar-refractivity contribution >= 4 is 5.91 Å². The summed E-state index contributed by atoms with van der Waals surface area (Å²) in [6.45, 7) is 2.82.